The molecule has 0 radical (unpaired) electrons. The monoisotopic (exact) mass is 225 g/mol. The normalized spacial score (nSPS) is 11.7. The summed E-state index contributed by atoms with van der Waals surface area (Å²) < 4.78 is 1.15. The number of rotatable bonds is 3. The van der Waals surface area contributed by atoms with E-state index in [-0.39, 0.29) is 0 Å². The molecular weight excluding hydrogens is 214 g/mol. The lowest BCUT2D eigenvalue weighted by Gasteiger charge is -1.95. The van der Waals surface area contributed by atoms with Crippen LogP contribution in [0, 0.1) is 0 Å². The molecule has 2 N–H and O–H groups in total. The van der Waals surface area contributed by atoms with Crippen LogP contribution in [-0.2, 0) is 0 Å². The van der Waals surface area contributed by atoms with Gasteiger partial charge in [0.05, 0.1) is 0 Å². The minimum Gasteiger partial charge on any atom is -0.330 e. The fourth-order valence-electron chi connectivity index (χ4n) is 0.940. The van der Waals surface area contributed by atoms with Gasteiger partial charge >= 0.3 is 0 Å². The second kappa shape index (κ2) is 5.12. The van der Waals surface area contributed by atoms with Crippen LogP contribution in [0.5, 0.6) is 0 Å². The second-order valence-electron chi connectivity index (χ2n) is 2.54. The van der Waals surface area contributed by atoms with Gasteiger partial charge in [-0.3, -0.25) is 0 Å². The molecule has 0 aliphatic carbocycles. The molecule has 12 heavy (non-hydrogen) atoms. The van der Waals surface area contributed by atoms with Crippen LogP contribution in [0.15, 0.2) is 34.8 Å². The zero-order chi connectivity index (χ0) is 8.81. The van der Waals surface area contributed by atoms with Gasteiger partial charge in [-0.15, -0.1) is 0 Å². The van der Waals surface area contributed by atoms with E-state index < -0.39 is 0 Å². The molecule has 0 unspecified atom stereocenters. The Balaban J connectivity index is 2.67. The van der Waals surface area contributed by atoms with E-state index in [0.29, 0.717) is 6.54 Å². The van der Waals surface area contributed by atoms with Gasteiger partial charge < -0.3 is 5.73 Å². The Kier molecular flexibility index (Phi) is 4.05. The van der Waals surface area contributed by atoms with Crippen LogP contribution in [0.1, 0.15) is 12.0 Å². The standard InChI is InChI=1S/C10H12BrN/c11-10(6-7-12)8-9-4-2-1-3-5-9/h1-5,8H,6-7,12H2/b10-8-. The second-order valence-corrected chi connectivity index (χ2v) is 3.56. The van der Waals surface area contributed by atoms with Crippen molar-refractivity contribution < 1.29 is 0 Å². The van der Waals surface area contributed by atoms with Crippen molar-refractivity contribution in [2.24, 2.45) is 5.73 Å². The largest absolute Gasteiger partial charge is 0.330 e. The summed E-state index contributed by atoms with van der Waals surface area (Å²) in [5.41, 5.74) is 6.62. The lowest BCUT2D eigenvalue weighted by molar-refractivity contribution is 1.00. The molecule has 1 nitrogen and oxygen atoms in total. The summed E-state index contributed by atoms with van der Waals surface area (Å²) in [6.45, 7) is 0.684. The Hall–Kier alpha value is -0.600. The summed E-state index contributed by atoms with van der Waals surface area (Å²) in [5, 5.41) is 0. The van der Waals surface area contributed by atoms with Gasteiger partial charge in [0.2, 0.25) is 0 Å². The minimum atomic E-state index is 0.684. The topological polar surface area (TPSA) is 26.0 Å². The van der Waals surface area contributed by atoms with Crippen LogP contribution >= 0.6 is 15.9 Å². The van der Waals surface area contributed by atoms with Gasteiger partial charge in [0.25, 0.3) is 0 Å². The van der Waals surface area contributed by atoms with Gasteiger partial charge in [-0.2, -0.15) is 0 Å². The van der Waals surface area contributed by atoms with Crippen LogP contribution in [0.4, 0.5) is 0 Å². The predicted octanol–water partition coefficient (Wildman–Crippen LogP) is 2.77. The van der Waals surface area contributed by atoms with Gasteiger partial charge in [0.1, 0.15) is 0 Å². The highest BCUT2D eigenvalue weighted by Gasteiger charge is 1.90. The molecule has 0 aliphatic heterocycles. The van der Waals surface area contributed by atoms with Crippen molar-refractivity contribution in [1.29, 1.82) is 0 Å². The van der Waals surface area contributed by atoms with Gasteiger partial charge in [-0.1, -0.05) is 46.3 Å². The van der Waals surface area contributed by atoms with Crippen molar-refractivity contribution in [3.8, 4) is 0 Å². The van der Waals surface area contributed by atoms with E-state index >= 15 is 0 Å². The first-order valence-corrected chi connectivity index (χ1v) is 4.73. The highest BCUT2D eigenvalue weighted by atomic mass is 79.9. The number of hydrogen-bond donors (Lipinski definition) is 1. The molecule has 1 aromatic rings. The summed E-state index contributed by atoms with van der Waals surface area (Å²) >= 11 is 3.46. The molecule has 64 valence electrons. The third-order valence-corrected chi connectivity index (χ3v) is 2.13. The average Bonchev–Trinajstić information content (AvgIpc) is 2.06. The van der Waals surface area contributed by atoms with Crippen LogP contribution < -0.4 is 5.73 Å². The molecule has 0 bridgehead atoms. The fraction of sp³-hybridized carbons (Fsp3) is 0.200. The molecule has 0 saturated carbocycles. The maximum absolute atomic E-state index is 5.41. The van der Waals surface area contributed by atoms with E-state index in [2.05, 4.69) is 34.1 Å². The van der Waals surface area contributed by atoms with Crippen molar-refractivity contribution in [2.45, 2.75) is 6.42 Å². The van der Waals surface area contributed by atoms with Crippen LogP contribution in [0.3, 0.4) is 0 Å². The molecule has 1 aromatic carbocycles. The number of hydrogen-bond acceptors (Lipinski definition) is 1. The van der Waals surface area contributed by atoms with E-state index in [4.69, 9.17) is 5.73 Å². The number of halogens is 1. The van der Waals surface area contributed by atoms with Crippen molar-refractivity contribution in [2.75, 3.05) is 6.54 Å². The third kappa shape index (κ3) is 3.20. The summed E-state index contributed by atoms with van der Waals surface area (Å²) in [6.07, 6.45) is 2.99. The first-order chi connectivity index (χ1) is 5.83. The summed E-state index contributed by atoms with van der Waals surface area (Å²) in [4.78, 5) is 0. The van der Waals surface area contributed by atoms with E-state index in [1.807, 2.05) is 18.2 Å². The lowest BCUT2D eigenvalue weighted by Crippen LogP contribution is -1.97. The van der Waals surface area contributed by atoms with Crippen molar-refractivity contribution in [3.63, 3.8) is 0 Å². The first-order valence-electron chi connectivity index (χ1n) is 3.94. The van der Waals surface area contributed by atoms with E-state index in [1.54, 1.807) is 0 Å². The third-order valence-electron chi connectivity index (χ3n) is 1.51. The molecule has 2 heteroatoms. The zero-order valence-electron chi connectivity index (χ0n) is 6.83. The fourth-order valence-corrected chi connectivity index (χ4v) is 1.43. The maximum Gasteiger partial charge on any atom is -0.00309 e. The summed E-state index contributed by atoms with van der Waals surface area (Å²) in [5.74, 6) is 0. The molecule has 0 amide bonds. The highest BCUT2D eigenvalue weighted by Crippen LogP contribution is 2.14. The van der Waals surface area contributed by atoms with E-state index in [9.17, 15) is 0 Å². The molecule has 0 aliphatic rings. The van der Waals surface area contributed by atoms with E-state index in [1.165, 1.54) is 5.56 Å². The van der Waals surface area contributed by atoms with Gasteiger partial charge in [-0.25, -0.2) is 0 Å². The van der Waals surface area contributed by atoms with Crippen molar-refractivity contribution in [1.82, 2.24) is 0 Å². The highest BCUT2D eigenvalue weighted by molar-refractivity contribution is 9.11. The maximum atomic E-state index is 5.41. The van der Waals surface area contributed by atoms with Crippen LogP contribution in [-0.4, -0.2) is 6.54 Å². The Morgan fingerprint density at radius 3 is 2.58 bits per heavy atom. The zero-order valence-corrected chi connectivity index (χ0v) is 8.42. The van der Waals surface area contributed by atoms with Crippen LogP contribution in [0.25, 0.3) is 6.08 Å². The van der Waals surface area contributed by atoms with Gasteiger partial charge in [-0.05, 0) is 29.1 Å². The number of nitrogens with two attached hydrogens (primary N) is 1. The molecule has 0 fully saturated rings. The average molecular weight is 226 g/mol. The van der Waals surface area contributed by atoms with E-state index in [0.717, 1.165) is 10.9 Å². The Morgan fingerprint density at radius 1 is 1.33 bits per heavy atom. The molecular formula is C10H12BrN. The van der Waals surface area contributed by atoms with Crippen molar-refractivity contribution >= 4 is 22.0 Å². The first kappa shape index (κ1) is 9.49. The quantitative estimate of drug-likeness (QED) is 0.842. The van der Waals surface area contributed by atoms with Crippen LogP contribution in [0.2, 0.25) is 0 Å². The minimum absolute atomic E-state index is 0.684. The summed E-state index contributed by atoms with van der Waals surface area (Å²) in [6, 6.07) is 10.2. The SMILES string of the molecule is NCC/C(Br)=C/c1ccccc1. The Bertz CT molecular complexity index is 254. The molecule has 0 atom stereocenters. The van der Waals surface area contributed by atoms with Gasteiger partial charge in [0.15, 0.2) is 0 Å². The Morgan fingerprint density at radius 2 is 2.00 bits per heavy atom. The lowest BCUT2D eigenvalue weighted by atomic mass is 10.2. The molecule has 1 rings (SSSR count). The summed E-state index contributed by atoms with van der Waals surface area (Å²) in [7, 11) is 0. The molecule has 0 heterocycles. The number of benzene rings is 1. The molecule has 0 spiro atoms. The van der Waals surface area contributed by atoms with Crippen molar-refractivity contribution in [3.05, 3.63) is 40.4 Å². The Labute approximate surface area is 81.4 Å². The predicted molar refractivity (Wildman–Crippen MR) is 57.0 cm³/mol. The smallest absolute Gasteiger partial charge is 0.00309 e. The molecule has 0 aromatic heterocycles. The van der Waals surface area contributed by atoms with Gasteiger partial charge in [0, 0.05) is 0 Å². The molecule has 0 saturated heterocycles.